The van der Waals surface area contributed by atoms with Crippen molar-refractivity contribution in [2.24, 2.45) is 0 Å². The van der Waals surface area contributed by atoms with Crippen molar-refractivity contribution in [2.45, 2.75) is 31.6 Å². The number of fused-ring (bicyclic) bond motifs is 19. The largest absolute Gasteiger partial charge is 0.436 e. The van der Waals surface area contributed by atoms with Gasteiger partial charge in [-0.3, -0.25) is 4.98 Å². The summed E-state index contributed by atoms with van der Waals surface area (Å²) in [6, 6.07) is 73.3. The Hall–Kier alpha value is -8.99. The number of pyridine rings is 1. The fourth-order valence-electron chi connectivity index (χ4n) is 12.3. The Morgan fingerprint density at radius 3 is 1.33 bits per heavy atom. The first-order valence-corrected chi connectivity index (χ1v) is 25.1. The van der Waals surface area contributed by atoms with Crippen molar-refractivity contribution in [2.75, 3.05) is 0 Å². The van der Waals surface area contributed by atoms with Gasteiger partial charge in [-0.2, -0.15) is 0 Å². The number of furan rings is 1. The van der Waals surface area contributed by atoms with E-state index in [1.165, 1.54) is 55.6 Å². The van der Waals surface area contributed by atoms with Crippen molar-refractivity contribution in [1.29, 1.82) is 0 Å². The van der Waals surface area contributed by atoms with Crippen LogP contribution in [-0.4, -0.2) is 15.0 Å². The number of nitrogens with zero attached hydrogens (tertiary/aromatic N) is 3. The van der Waals surface area contributed by atoms with E-state index in [2.05, 4.69) is 204 Å². The van der Waals surface area contributed by atoms with E-state index in [9.17, 15) is 1.37 Å². The molecule has 3 aliphatic rings. The molecule has 0 bridgehead atoms. The first-order valence-electron chi connectivity index (χ1n) is 25.6. The van der Waals surface area contributed by atoms with Crippen molar-refractivity contribution in [1.82, 2.24) is 15.0 Å². The molecular formula is C68H45N3O. The summed E-state index contributed by atoms with van der Waals surface area (Å²) < 4.78 is 16.9. The summed E-state index contributed by atoms with van der Waals surface area (Å²) in [6.45, 7) is 0. The number of hydrogen-bond acceptors (Lipinski definition) is 4. The van der Waals surface area contributed by atoms with Gasteiger partial charge in [-0.1, -0.05) is 183 Å². The highest BCUT2D eigenvalue weighted by molar-refractivity contribution is 6.09. The van der Waals surface area contributed by atoms with Crippen LogP contribution in [0, 0.1) is 0 Å². The molecule has 4 heteroatoms. The molecule has 4 nitrogen and oxygen atoms in total. The number of rotatable bonds is 4. The Balaban J connectivity index is 0.934. The van der Waals surface area contributed by atoms with Gasteiger partial charge in [0.05, 0.1) is 5.69 Å². The molecular weight excluding hydrogens is 875 g/mol. The molecule has 3 heterocycles. The fourth-order valence-corrected chi connectivity index (χ4v) is 12.3. The summed E-state index contributed by atoms with van der Waals surface area (Å²) in [5.41, 5.74) is 28.2. The second-order valence-electron chi connectivity index (χ2n) is 19.4. The van der Waals surface area contributed by atoms with Crippen LogP contribution in [-0.2, 0) is 0 Å². The van der Waals surface area contributed by atoms with E-state index in [-0.39, 0.29) is 0 Å². The molecule has 15 rings (SSSR count). The highest BCUT2D eigenvalue weighted by Gasteiger charge is 2.29. The van der Waals surface area contributed by atoms with Crippen LogP contribution >= 0.6 is 0 Å². The molecule has 0 radical (unpaired) electrons. The predicted molar refractivity (Wildman–Crippen MR) is 295 cm³/mol. The molecule has 9 aromatic carbocycles. The van der Waals surface area contributed by atoms with Gasteiger partial charge in [-0.05, 0) is 155 Å². The lowest BCUT2D eigenvalue weighted by Gasteiger charge is -2.26. The Kier molecular flexibility index (Phi) is 9.01. The highest BCUT2D eigenvalue weighted by atomic mass is 16.3. The van der Waals surface area contributed by atoms with E-state index in [0.717, 1.165) is 115 Å². The minimum atomic E-state index is -0.761. The van der Waals surface area contributed by atoms with Crippen LogP contribution in [0.15, 0.2) is 223 Å². The topological polar surface area (TPSA) is 51.8 Å². The molecule has 1 saturated carbocycles. The Morgan fingerprint density at radius 2 is 0.764 bits per heavy atom. The average Bonchev–Trinajstić information content (AvgIpc) is 4.08. The van der Waals surface area contributed by atoms with E-state index in [4.69, 9.17) is 9.40 Å². The number of para-hydroxylation sites is 1. The Labute approximate surface area is 419 Å². The lowest BCUT2D eigenvalue weighted by molar-refractivity contribution is 0.654. The summed E-state index contributed by atoms with van der Waals surface area (Å²) in [5.74, 6) is -0.761. The van der Waals surface area contributed by atoms with Gasteiger partial charge in [0.25, 0.3) is 0 Å². The maximum absolute atomic E-state index is 10.4. The summed E-state index contributed by atoms with van der Waals surface area (Å²) in [6.07, 6.45) is 9.00. The Morgan fingerprint density at radius 1 is 0.347 bits per heavy atom. The van der Waals surface area contributed by atoms with Crippen molar-refractivity contribution in [3.8, 4) is 123 Å². The second kappa shape index (κ2) is 16.3. The molecule has 3 aliphatic carbocycles. The van der Waals surface area contributed by atoms with Crippen molar-refractivity contribution < 1.29 is 5.79 Å². The van der Waals surface area contributed by atoms with Crippen LogP contribution in [0.5, 0.6) is 0 Å². The van der Waals surface area contributed by atoms with Gasteiger partial charge in [0.15, 0.2) is 0 Å². The van der Waals surface area contributed by atoms with Crippen molar-refractivity contribution in [3.05, 3.63) is 224 Å². The van der Waals surface area contributed by atoms with Gasteiger partial charge in [0.1, 0.15) is 11.1 Å². The fraction of sp³-hybridized carbons (Fsp3) is 0.0735. The third-order valence-electron chi connectivity index (χ3n) is 15.6. The van der Waals surface area contributed by atoms with Gasteiger partial charge in [-0.15, -0.1) is 0 Å². The molecule has 0 unspecified atom stereocenters. The van der Waals surface area contributed by atoms with E-state index < -0.39 is 5.89 Å². The number of aromatic nitrogens is 3. The average molecular weight is 921 g/mol. The molecule has 1 fully saturated rings. The van der Waals surface area contributed by atoms with Gasteiger partial charge < -0.3 is 4.42 Å². The van der Waals surface area contributed by atoms with Crippen molar-refractivity contribution in [3.63, 3.8) is 0 Å². The molecule has 3 aromatic heterocycles. The highest BCUT2D eigenvalue weighted by Crippen LogP contribution is 2.53. The molecule has 72 heavy (non-hydrogen) atoms. The van der Waals surface area contributed by atoms with Crippen LogP contribution in [0.4, 0.5) is 0 Å². The minimum absolute atomic E-state index is 0.537. The van der Waals surface area contributed by atoms with Gasteiger partial charge >= 0.3 is 0 Å². The minimum Gasteiger partial charge on any atom is -0.436 e. The van der Waals surface area contributed by atoms with Crippen LogP contribution < -0.4 is 0 Å². The maximum atomic E-state index is 10.4. The quantitative estimate of drug-likeness (QED) is 0.176. The Bertz CT molecular complexity index is 4250. The zero-order valence-electron chi connectivity index (χ0n) is 40.4. The van der Waals surface area contributed by atoms with E-state index in [1.807, 2.05) is 12.3 Å². The zero-order chi connectivity index (χ0) is 48.2. The van der Waals surface area contributed by atoms with Crippen LogP contribution in [0.25, 0.3) is 145 Å². The van der Waals surface area contributed by atoms with Gasteiger partial charge in [0, 0.05) is 42.0 Å². The summed E-state index contributed by atoms with van der Waals surface area (Å²) in [4.78, 5) is 14.1. The monoisotopic (exact) mass is 920 g/mol. The van der Waals surface area contributed by atoms with Crippen LogP contribution in [0.1, 0.15) is 38.5 Å². The summed E-state index contributed by atoms with van der Waals surface area (Å²) >= 11 is 0. The normalized spacial score (nSPS) is 13.9. The molecule has 0 N–H and O–H groups in total. The summed E-state index contributed by atoms with van der Waals surface area (Å²) in [5, 5.41) is 0.951. The van der Waals surface area contributed by atoms with Crippen molar-refractivity contribution >= 4 is 22.2 Å². The smallest absolute Gasteiger partial charge is 0.246 e. The predicted octanol–water partition coefficient (Wildman–Crippen LogP) is 18.4. The zero-order valence-corrected chi connectivity index (χ0v) is 39.4. The van der Waals surface area contributed by atoms with Crippen LogP contribution in [0.2, 0.25) is 0 Å². The third-order valence-corrected chi connectivity index (χ3v) is 15.6. The van der Waals surface area contributed by atoms with E-state index in [1.54, 1.807) is 12.4 Å². The standard InChI is InChI=1S/C68H45N3O/c1-2-15-41(14-1)64-45(24-11-25-46(64)43-30-34-57-59-28-13-35-69-65(59)58-23-10-9-19-51(58)50-18-5-8-22-54(50)63(57)39-43)42-29-32-55-56-33-31-44(47-26-12-27-60-66-68(72-67(47)60)71-37-36-70-66)40-62(56)53-21-7-4-17-49(53)48-16-3-6-20-52(48)61(55)38-42/h3-13,16-41H,1-2,14-15H2/i41D. The van der Waals surface area contributed by atoms with E-state index >= 15 is 0 Å². The molecule has 0 aliphatic heterocycles. The molecule has 0 amide bonds. The first-order chi connectivity index (χ1) is 36.1. The first kappa shape index (κ1) is 39.8. The van der Waals surface area contributed by atoms with E-state index in [0.29, 0.717) is 5.71 Å². The van der Waals surface area contributed by atoms with Crippen LogP contribution in [0.3, 0.4) is 0 Å². The van der Waals surface area contributed by atoms with Gasteiger partial charge in [0.2, 0.25) is 5.71 Å². The lowest BCUT2D eigenvalue weighted by Crippen LogP contribution is -2.02. The second-order valence-corrected chi connectivity index (χ2v) is 19.4. The third kappa shape index (κ3) is 6.28. The SMILES string of the molecule is [2H]C1(c2c(-c3ccc4c(c3)-c3ccccc3-c3ccccc3-c3cc(-c5cccc6c5oc5nccnc56)ccc3-4)cccc2-c2ccc3c(c2)-c2ccccc2-c2ccccc2-c2ncccc2-3)CCCC1. The number of benzene rings is 9. The number of hydrogen-bond donors (Lipinski definition) is 0. The molecule has 12 aromatic rings. The maximum Gasteiger partial charge on any atom is 0.246 e. The molecule has 0 spiro atoms. The van der Waals surface area contributed by atoms with Gasteiger partial charge in [-0.25, -0.2) is 9.97 Å². The molecule has 0 saturated heterocycles. The lowest BCUT2D eigenvalue weighted by atomic mass is 9.78. The molecule has 338 valence electrons. The molecule has 0 atom stereocenters. The summed E-state index contributed by atoms with van der Waals surface area (Å²) in [7, 11) is 0.